The summed E-state index contributed by atoms with van der Waals surface area (Å²) in [6.07, 6.45) is 1.36. The van der Waals surface area contributed by atoms with Crippen LogP contribution >= 0.6 is 0 Å². The molecule has 0 radical (unpaired) electrons. The number of piperidine rings is 1. The van der Waals surface area contributed by atoms with E-state index in [1.807, 2.05) is 18.7 Å². The quantitative estimate of drug-likeness (QED) is 0.716. The number of nitrogens with zero attached hydrogens (tertiary/aromatic N) is 1. The van der Waals surface area contributed by atoms with Gasteiger partial charge in [0.2, 0.25) is 5.91 Å². The van der Waals surface area contributed by atoms with Crippen molar-refractivity contribution in [2.45, 2.75) is 32.7 Å². The smallest absolute Gasteiger partial charge is 0.321 e. The summed E-state index contributed by atoms with van der Waals surface area (Å²) >= 11 is 0. The Kier molecular flexibility index (Phi) is 6.44. The molecule has 0 unspecified atom stereocenters. The highest BCUT2D eigenvalue weighted by Gasteiger charge is 2.26. The average Bonchev–Trinajstić information content (AvgIpc) is 2.37. The molecule has 1 rings (SSSR count). The zero-order valence-corrected chi connectivity index (χ0v) is 12.3. The van der Waals surface area contributed by atoms with E-state index in [1.165, 1.54) is 7.11 Å². The van der Waals surface area contributed by atoms with E-state index in [2.05, 4.69) is 10.6 Å². The third-order valence-corrected chi connectivity index (χ3v) is 3.16. The molecule has 0 aromatic heterocycles. The fraction of sp³-hybridized carbons (Fsp3) is 0.769. The molecule has 0 atom stereocenters. The molecule has 7 nitrogen and oxygen atoms in total. The fourth-order valence-electron chi connectivity index (χ4n) is 2.16. The van der Waals surface area contributed by atoms with Gasteiger partial charge in [0, 0.05) is 6.04 Å². The summed E-state index contributed by atoms with van der Waals surface area (Å²) in [7, 11) is 1.38. The van der Waals surface area contributed by atoms with Crippen LogP contribution in [0.4, 0.5) is 4.79 Å². The lowest BCUT2D eigenvalue weighted by Crippen LogP contribution is -2.48. The number of likely N-dealkylation sites (tertiary alicyclic amines) is 1. The van der Waals surface area contributed by atoms with E-state index in [9.17, 15) is 14.4 Å². The van der Waals surface area contributed by atoms with Crippen LogP contribution < -0.4 is 10.6 Å². The molecule has 2 N–H and O–H groups in total. The first kappa shape index (κ1) is 16.4. The van der Waals surface area contributed by atoms with Crippen LogP contribution in [0.2, 0.25) is 0 Å². The van der Waals surface area contributed by atoms with Crippen LogP contribution in [0.3, 0.4) is 0 Å². The van der Waals surface area contributed by atoms with E-state index < -0.39 is 6.03 Å². The topological polar surface area (TPSA) is 87.7 Å². The average molecular weight is 285 g/mol. The number of ether oxygens (including phenoxy) is 1. The minimum atomic E-state index is -0.477. The van der Waals surface area contributed by atoms with Gasteiger partial charge >= 0.3 is 12.0 Å². The molecule has 0 aromatic rings. The van der Waals surface area contributed by atoms with Gasteiger partial charge in [0.05, 0.1) is 19.6 Å². The zero-order chi connectivity index (χ0) is 15.1. The lowest BCUT2D eigenvalue weighted by atomic mass is 9.97. The van der Waals surface area contributed by atoms with Crippen molar-refractivity contribution in [3.05, 3.63) is 0 Å². The summed E-state index contributed by atoms with van der Waals surface area (Å²) in [5.41, 5.74) is 0. The monoisotopic (exact) mass is 285 g/mol. The summed E-state index contributed by atoms with van der Waals surface area (Å²) in [4.78, 5) is 36.3. The second-order valence-corrected chi connectivity index (χ2v) is 5.25. The van der Waals surface area contributed by atoms with Crippen LogP contribution in [-0.4, -0.2) is 55.6 Å². The Bertz CT molecular complexity index is 363. The highest BCUT2D eigenvalue weighted by Crippen LogP contribution is 2.17. The predicted octanol–water partition coefficient (Wildman–Crippen LogP) is 0.106. The molecule has 0 spiro atoms. The van der Waals surface area contributed by atoms with Crippen LogP contribution in [0.15, 0.2) is 0 Å². The van der Waals surface area contributed by atoms with Gasteiger partial charge in [-0.05, 0) is 39.8 Å². The van der Waals surface area contributed by atoms with Crippen LogP contribution in [0.25, 0.3) is 0 Å². The third kappa shape index (κ3) is 5.56. The minimum Gasteiger partial charge on any atom is -0.469 e. The number of hydrogen-bond acceptors (Lipinski definition) is 5. The number of esters is 1. The van der Waals surface area contributed by atoms with Gasteiger partial charge in [-0.3, -0.25) is 19.8 Å². The number of imide groups is 1. The standard InChI is InChI=1S/C13H23N3O4/c1-9(2)14-13(19)15-11(17)8-16-6-4-10(5-7-16)12(18)20-3/h9-10H,4-8H2,1-3H3,(H2,14,15,17,19). The number of urea groups is 1. The van der Waals surface area contributed by atoms with Crippen molar-refractivity contribution < 1.29 is 19.1 Å². The summed E-state index contributed by atoms with van der Waals surface area (Å²) in [6, 6.07) is -0.493. The van der Waals surface area contributed by atoms with E-state index >= 15 is 0 Å². The Morgan fingerprint density at radius 2 is 1.85 bits per heavy atom. The van der Waals surface area contributed by atoms with Gasteiger partial charge in [-0.25, -0.2) is 4.79 Å². The molecule has 114 valence electrons. The maximum absolute atomic E-state index is 11.7. The number of amides is 3. The number of carbonyl (C=O) groups excluding carboxylic acids is 3. The van der Waals surface area contributed by atoms with Gasteiger partial charge in [-0.15, -0.1) is 0 Å². The molecule has 20 heavy (non-hydrogen) atoms. The Morgan fingerprint density at radius 1 is 1.25 bits per heavy atom. The van der Waals surface area contributed by atoms with Gasteiger partial charge in [0.15, 0.2) is 0 Å². The van der Waals surface area contributed by atoms with Crippen LogP contribution in [-0.2, 0) is 14.3 Å². The molecule has 1 fully saturated rings. The Hall–Kier alpha value is -1.63. The summed E-state index contributed by atoms with van der Waals surface area (Å²) in [5, 5.41) is 4.87. The number of methoxy groups -OCH3 is 1. The summed E-state index contributed by atoms with van der Waals surface area (Å²) in [5.74, 6) is -0.603. The zero-order valence-electron chi connectivity index (χ0n) is 12.3. The van der Waals surface area contributed by atoms with Crippen molar-refractivity contribution in [3.8, 4) is 0 Å². The van der Waals surface area contributed by atoms with Gasteiger partial charge in [0.1, 0.15) is 0 Å². The molecule has 0 aliphatic carbocycles. The molecule has 0 saturated carbocycles. The second kappa shape index (κ2) is 7.84. The molecular weight excluding hydrogens is 262 g/mol. The number of hydrogen-bond donors (Lipinski definition) is 2. The van der Waals surface area contributed by atoms with Gasteiger partial charge in [-0.2, -0.15) is 0 Å². The molecule has 7 heteroatoms. The largest absolute Gasteiger partial charge is 0.469 e. The van der Waals surface area contributed by atoms with Crippen LogP contribution in [0.5, 0.6) is 0 Å². The van der Waals surface area contributed by atoms with Crippen molar-refractivity contribution in [1.29, 1.82) is 0 Å². The van der Waals surface area contributed by atoms with Gasteiger partial charge in [-0.1, -0.05) is 0 Å². The van der Waals surface area contributed by atoms with Crippen LogP contribution in [0, 0.1) is 5.92 Å². The third-order valence-electron chi connectivity index (χ3n) is 3.16. The van der Waals surface area contributed by atoms with Crippen molar-refractivity contribution in [3.63, 3.8) is 0 Å². The first-order valence-electron chi connectivity index (χ1n) is 6.83. The number of rotatable bonds is 4. The Balaban J connectivity index is 2.28. The molecular formula is C13H23N3O4. The van der Waals surface area contributed by atoms with Crippen molar-refractivity contribution in [2.75, 3.05) is 26.7 Å². The number of nitrogens with one attached hydrogen (secondary N) is 2. The molecule has 1 aliphatic rings. The molecule has 0 bridgehead atoms. The van der Waals surface area contributed by atoms with Crippen molar-refractivity contribution in [1.82, 2.24) is 15.5 Å². The molecule has 0 aromatic carbocycles. The minimum absolute atomic E-state index is 0.0152. The maximum Gasteiger partial charge on any atom is 0.321 e. The lowest BCUT2D eigenvalue weighted by molar-refractivity contribution is -0.147. The predicted molar refractivity (Wildman–Crippen MR) is 73.0 cm³/mol. The highest BCUT2D eigenvalue weighted by atomic mass is 16.5. The normalized spacial score (nSPS) is 16.8. The van der Waals surface area contributed by atoms with E-state index in [-0.39, 0.29) is 30.4 Å². The van der Waals surface area contributed by atoms with Crippen LogP contribution in [0.1, 0.15) is 26.7 Å². The highest BCUT2D eigenvalue weighted by molar-refractivity contribution is 5.95. The number of carbonyl (C=O) groups is 3. The van der Waals surface area contributed by atoms with E-state index in [1.54, 1.807) is 0 Å². The summed E-state index contributed by atoms with van der Waals surface area (Å²) in [6.45, 7) is 5.11. The molecule has 3 amide bonds. The van der Waals surface area contributed by atoms with E-state index in [4.69, 9.17) is 4.74 Å². The molecule has 1 aliphatic heterocycles. The second-order valence-electron chi connectivity index (χ2n) is 5.25. The van der Waals surface area contributed by atoms with Crippen molar-refractivity contribution >= 4 is 17.9 Å². The Labute approximate surface area is 119 Å². The molecule has 1 saturated heterocycles. The van der Waals surface area contributed by atoms with Crippen molar-refractivity contribution in [2.24, 2.45) is 5.92 Å². The molecule has 1 heterocycles. The van der Waals surface area contributed by atoms with E-state index in [0.29, 0.717) is 25.9 Å². The first-order chi connectivity index (χ1) is 9.42. The van der Waals surface area contributed by atoms with Gasteiger partial charge < -0.3 is 10.1 Å². The fourth-order valence-corrected chi connectivity index (χ4v) is 2.16. The summed E-state index contributed by atoms with van der Waals surface area (Å²) < 4.78 is 4.71. The first-order valence-corrected chi connectivity index (χ1v) is 6.83. The van der Waals surface area contributed by atoms with Gasteiger partial charge in [0.25, 0.3) is 0 Å². The Morgan fingerprint density at radius 3 is 2.35 bits per heavy atom. The maximum atomic E-state index is 11.7. The van der Waals surface area contributed by atoms with E-state index in [0.717, 1.165) is 0 Å². The lowest BCUT2D eigenvalue weighted by Gasteiger charge is -2.29. The SMILES string of the molecule is COC(=O)C1CCN(CC(=O)NC(=O)NC(C)C)CC1.